The predicted molar refractivity (Wildman–Crippen MR) is 41.3 cm³/mol. The molecular weight excluding hydrogens is 300 g/mol. The van der Waals surface area contributed by atoms with Crippen molar-refractivity contribution in [1.29, 1.82) is 0 Å². The van der Waals surface area contributed by atoms with Gasteiger partial charge in [-0.2, -0.15) is 5.92 Å². The minimum atomic E-state index is 0. The van der Waals surface area contributed by atoms with Crippen LogP contribution in [0.1, 0.15) is 19.5 Å². The van der Waals surface area contributed by atoms with E-state index in [1.54, 1.807) is 6.20 Å². The summed E-state index contributed by atoms with van der Waals surface area (Å²) < 4.78 is 0. The average molecular weight is 311 g/mol. The van der Waals surface area contributed by atoms with E-state index in [0.717, 1.165) is 5.69 Å². The monoisotopic (exact) mass is 311 g/mol. The van der Waals surface area contributed by atoms with E-state index in [1.807, 2.05) is 12.1 Å². The number of hydrogen-bond acceptors (Lipinski definition) is 1. The Labute approximate surface area is 125 Å². The van der Waals surface area contributed by atoms with E-state index in [4.69, 9.17) is 0 Å². The molecular formula is C9H11NY2-2. The molecule has 1 heterocycles. The van der Waals surface area contributed by atoms with Crippen molar-refractivity contribution in [2.75, 3.05) is 0 Å². The van der Waals surface area contributed by atoms with Gasteiger partial charge in [-0.15, -0.1) is 0 Å². The SMILES string of the molecule is CC(C)[CH-]c1[c-]cccn1.[Y].[Y]. The van der Waals surface area contributed by atoms with Crippen molar-refractivity contribution in [3.63, 3.8) is 0 Å². The van der Waals surface area contributed by atoms with Crippen molar-refractivity contribution in [1.82, 2.24) is 4.98 Å². The molecule has 0 aliphatic heterocycles. The summed E-state index contributed by atoms with van der Waals surface area (Å²) in [5, 5.41) is 0. The molecule has 0 spiro atoms. The van der Waals surface area contributed by atoms with Crippen LogP contribution in [0.4, 0.5) is 0 Å². The Kier molecular flexibility index (Phi) is 11.5. The summed E-state index contributed by atoms with van der Waals surface area (Å²) in [6, 6.07) is 6.78. The van der Waals surface area contributed by atoms with E-state index in [9.17, 15) is 0 Å². The van der Waals surface area contributed by atoms with Crippen LogP contribution < -0.4 is 0 Å². The second-order valence-corrected chi connectivity index (χ2v) is 2.58. The smallest absolute Gasteiger partial charge is 0.0179 e. The normalized spacial score (nSPS) is 8.25. The van der Waals surface area contributed by atoms with Crippen LogP contribution in [0.5, 0.6) is 0 Å². The van der Waals surface area contributed by atoms with Crippen molar-refractivity contribution < 1.29 is 65.4 Å². The summed E-state index contributed by atoms with van der Waals surface area (Å²) >= 11 is 0. The van der Waals surface area contributed by atoms with Crippen molar-refractivity contribution in [2.45, 2.75) is 13.8 Å². The van der Waals surface area contributed by atoms with Crippen LogP contribution in [0.25, 0.3) is 0 Å². The summed E-state index contributed by atoms with van der Waals surface area (Å²) in [5.41, 5.74) is 0.942. The number of nitrogens with zero attached hydrogens (tertiary/aromatic N) is 1. The first-order valence-corrected chi connectivity index (χ1v) is 3.46. The number of pyridine rings is 1. The van der Waals surface area contributed by atoms with Gasteiger partial charge < -0.3 is 17.5 Å². The van der Waals surface area contributed by atoms with Crippen LogP contribution in [0, 0.1) is 18.4 Å². The maximum atomic E-state index is 4.11. The fourth-order valence-corrected chi connectivity index (χ4v) is 0.744. The largest absolute Gasteiger partial charge is 0.481 e. The van der Waals surface area contributed by atoms with E-state index >= 15 is 0 Å². The summed E-state index contributed by atoms with van der Waals surface area (Å²) in [6.07, 6.45) is 3.87. The molecule has 60 valence electrons. The zero-order chi connectivity index (χ0) is 7.40. The van der Waals surface area contributed by atoms with E-state index in [-0.39, 0.29) is 65.4 Å². The Hall–Kier alpha value is 1.23. The van der Waals surface area contributed by atoms with E-state index < -0.39 is 0 Å². The first-order valence-electron chi connectivity index (χ1n) is 3.46. The zero-order valence-electron chi connectivity index (χ0n) is 7.49. The van der Waals surface area contributed by atoms with Crippen molar-refractivity contribution in [3.05, 3.63) is 36.5 Å². The molecule has 0 bridgehead atoms. The van der Waals surface area contributed by atoms with Gasteiger partial charge in [-0.3, -0.25) is 5.69 Å². The molecule has 0 aliphatic rings. The predicted octanol–water partition coefficient (Wildman–Crippen LogP) is 2.09. The first kappa shape index (κ1) is 15.7. The van der Waals surface area contributed by atoms with Crippen molar-refractivity contribution in [2.24, 2.45) is 5.92 Å². The van der Waals surface area contributed by atoms with E-state index in [2.05, 4.69) is 31.3 Å². The molecule has 1 nitrogen and oxygen atoms in total. The number of aromatic nitrogens is 1. The molecule has 1 rings (SSSR count). The summed E-state index contributed by atoms with van der Waals surface area (Å²) in [7, 11) is 0. The maximum Gasteiger partial charge on any atom is 0.0179 e. The Morgan fingerprint density at radius 3 is 2.50 bits per heavy atom. The average Bonchev–Trinajstić information content (AvgIpc) is 1.88. The third-order valence-corrected chi connectivity index (χ3v) is 1.12. The Bertz CT molecular complexity index is 187. The van der Waals surface area contributed by atoms with Gasteiger partial charge in [-0.25, -0.2) is 6.07 Å². The van der Waals surface area contributed by atoms with Crippen molar-refractivity contribution in [3.8, 4) is 0 Å². The van der Waals surface area contributed by atoms with Crippen molar-refractivity contribution >= 4 is 0 Å². The summed E-state index contributed by atoms with van der Waals surface area (Å²) in [4.78, 5) is 4.11. The maximum absolute atomic E-state index is 4.11. The van der Waals surface area contributed by atoms with Gasteiger partial charge in [0.05, 0.1) is 0 Å². The van der Waals surface area contributed by atoms with Gasteiger partial charge in [0, 0.05) is 71.6 Å². The van der Waals surface area contributed by atoms with Gasteiger partial charge >= 0.3 is 0 Å². The van der Waals surface area contributed by atoms with Gasteiger partial charge in [0.25, 0.3) is 0 Å². The molecule has 0 saturated carbocycles. The second kappa shape index (κ2) is 8.81. The third kappa shape index (κ3) is 6.71. The molecule has 0 N–H and O–H groups in total. The van der Waals surface area contributed by atoms with Crippen LogP contribution in [0.15, 0.2) is 18.3 Å². The minimum absolute atomic E-state index is 0. The fraction of sp³-hybridized carbons (Fsp3) is 0.333. The quantitative estimate of drug-likeness (QED) is 0.762. The Morgan fingerprint density at radius 2 is 2.08 bits per heavy atom. The molecule has 12 heavy (non-hydrogen) atoms. The van der Waals surface area contributed by atoms with Crippen LogP contribution in [0.2, 0.25) is 0 Å². The van der Waals surface area contributed by atoms with Gasteiger partial charge in [-0.1, -0.05) is 19.9 Å². The van der Waals surface area contributed by atoms with Crippen LogP contribution in [0.3, 0.4) is 0 Å². The third-order valence-electron chi connectivity index (χ3n) is 1.12. The summed E-state index contributed by atoms with van der Waals surface area (Å²) in [5.74, 6) is 0.547. The Morgan fingerprint density at radius 1 is 1.42 bits per heavy atom. The second-order valence-electron chi connectivity index (χ2n) is 2.58. The standard InChI is InChI=1S/C9H11N.2Y/c1-8(2)7-9-5-3-4-6-10-9;;/h3-4,6-8H,1-2H3;;/q-2;;. The molecule has 1 aromatic rings. The molecule has 1 aromatic heterocycles. The molecule has 0 atom stereocenters. The molecule has 0 fully saturated rings. The molecule has 0 aromatic carbocycles. The minimum Gasteiger partial charge on any atom is -0.481 e. The topological polar surface area (TPSA) is 12.9 Å². The molecule has 0 amide bonds. The van der Waals surface area contributed by atoms with Crippen LogP contribution in [-0.2, 0) is 65.4 Å². The molecule has 0 aliphatic carbocycles. The van der Waals surface area contributed by atoms with Gasteiger partial charge in [0.1, 0.15) is 0 Å². The molecule has 0 unspecified atom stereocenters. The fourth-order valence-electron chi connectivity index (χ4n) is 0.744. The van der Waals surface area contributed by atoms with Gasteiger partial charge in [0.2, 0.25) is 0 Å². The van der Waals surface area contributed by atoms with Gasteiger partial charge in [0.15, 0.2) is 0 Å². The number of hydrogen-bond donors (Lipinski definition) is 0. The first-order chi connectivity index (χ1) is 4.79. The zero-order valence-corrected chi connectivity index (χ0v) is 13.2. The molecule has 3 heteroatoms. The summed E-state index contributed by atoms with van der Waals surface area (Å²) in [6.45, 7) is 4.26. The van der Waals surface area contributed by atoms with E-state index in [0.29, 0.717) is 5.92 Å². The molecule has 0 saturated heterocycles. The molecule has 2 radical (unpaired) electrons. The van der Waals surface area contributed by atoms with Gasteiger partial charge in [-0.05, 0) is 0 Å². The Balaban J connectivity index is 0. The number of rotatable bonds is 2. The van der Waals surface area contributed by atoms with Crippen LogP contribution in [-0.4, -0.2) is 4.98 Å². The van der Waals surface area contributed by atoms with Crippen LogP contribution >= 0.6 is 0 Å². The van der Waals surface area contributed by atoms with E-state index in [1.165, 1.54) is 0 Å².